The monoisotopic (exact) mass is 624 g/mol. The molecule has 1 amide bonds. The number of hydrogen-bond donors (Lipinski definition) is 12. The molecule has 0 spiro atoms. The summed E-state index contributed by atoms with van der Waals surface area (Å²) in [6.45, 7) is 1.54. The van der Waals surface area contributed by atoms with Crippen molar-refractivity contribution in [1.82, 2.24) is 16.0 Å². The van der Waals surface area contributed by atoms with Crippen LogP contribution in [0.4, 0.5) is 0 Å². The van der Waals surface area contributed by atoms with Gasteiger partial charge in [0.05, 0.1) is 43.5 Å². The predicted molar refractivity (Wildman–Crippen MR) is 151 cm³/mol. The van der Waals surface area contributed by atoms with E-state index in [-0.39, 0.29) is 45.2 Å². The van der Waals surface area contributed by atoms with Gasteiger partial charge in [0.1, 0.15) is 36.1 Å². The molecule has 1 unspecified atom stereocenters. The van der Waals surface area contributed by atoms with Gasteiger partial charge in [0, 0.05) is 19.1 Å². The van der Waals surface area contributed by atoms with E-state index in [0.29, 0.717) is 19.4 Å². The van der Waals surface area contributed by atoms with Crippen LogP contribution in [0, 0.1) is 0 Å². The van der Waals surface area contributed by atoms with Crippen LogP contribution < -0.4 is 33.2 Å². The Morgan fingerprint density at radius 3 is 2.44 bits per heavy atom. The van der Waals surface area contributed by atoms with Gasteiger partial charge in [0.2, 0.25) is 5.91 Å². The standard InChI is InChI=1S/C26H52N6O11/c1-26(39)11-40-25(19(37)22(26)30-2)43-21-16(32-23(38)17(35)5-6-27)7-15(29)20(18(21)36)42-24-14(28)4-3-13(41-24)9-31-8-12(34)10-33/h12-22,24-25,30-31,33-37,39H,3-11,27-29H2,1-2H3,(H,32,38)/t12?,13-,14+,15-,16+,17-,18-,19+,20+,21-,22+,24+,25+,26-/m0/s1. The van der Waals surface area contributed by atoms with Gasteiger partial charge in [0.15, 0.2) is 12.6 Å². The Kier molecular flexibility index (Phi) is 13.9. The van der Waals surface area contributed by atoms with Gasteiger partial charge in [-0.25, -0.2) is 0 Å². The Balaban J connectivity index is 1.76. The van der Waals surface area contributed by atoms with Crippen molar-refractivity contribution in [2.45, 2.75) is 118 Å². The average Bonchev–Trinajstić information content (AvgIpc) is 2.95. The molecule has 1 aliphatic carbocycles. The van der Waals surface area contributed by atoms with E-state index in [2.05, 4.69) is 16.0 Å². The van der Waals surface area contributed by atoms with Crippen molar-refractivity contribution in [3.8, 4) is 0 Å². The second kappa shape index (κ2) is 16.4. The molecule has 252 valence electrons. The maximum Gasteiger partial charge on any atom is 0.249 e. The van der Waals surface area contributed by atoms with E-state index in [9.17, 15) is 30.3 Å². The van der Waals surface area contributed by atoms with E-state index < -0.39 is 84.9 Å². The first-order chi connectivity index (χ1) is 20.3. The Morgan fingerprint density at radius 2 is 1.79 bits per heavy atom. The van der Waals surface area contributed by atoms with E-state index in [1.165, 1.54) is 6.92 Å². The smallest absolute Gasteiger partial charge is 0.249 e. The first-order valence-electron chi connectivity index (χ1n) is 14.9. The van der Waals surface area contributed by atoms with Crippen LogP contribution in [-0.4, -0.2) is 162 Å². The Bertz CT molecular complexity index is 862. The number of rotatable bonds is 14. The van der Waals surface area contributed by atoms with Crippen LogP contribution in [0.15, 0.2) is 0 Å². The molecule has 0 radical (unpaired) electrons. The van der Waals surface area contributed by atoms with Crippen molar-refractivity contribution in [2.24, 2.45) is 17.2 Å². The van der Waals surface area contributed by atoms with Crippen molar-refractivity contribution in [3.05, 3.63) is 0 Å². The van der Waals surface area contributed by atoms with Gasteiger partial charge in [-0.05, 0) is 46.2 Å². The molecule has 43 heavy (non-hydrogen) atoms. The number of amides is 1. The van der Waals surface area contributed by atoms with Crippen molar-refractivity contribution >= 4 is 5.91 Å². The Labute approximate surface area is 251 Å². The molecule has 15 N–H and O–H groups in total. The zero-order chi connectivity index (χ0) is 31.9. The van der Waals surface area contributed by atoms with Gasteiger partial charge in [-0.15, -0.1) is 0 Å². The van der Waals surface area contributed by atoms with Gasteiger partial charge in [-0.2, -0.15) is 0 Å². The number of likely N-dealkylation sites (N-methyl/N-ethyl adjacent to an activating group) is 1. The third kappa shape index (κ3) is 9.44. The van der Waals surface area contributed by atoms with Gasteiger partial charge in [-0.1, -0.05) is 0 Å². The molecule has 1 saturated carbocycles. The second-order valence-electron chi connectivity index (χ2n) is 12.0. The Hall–Kier alpha value is -1.13. The summed E-state index contributed by atoms with van der Waals surface area (Å²) in [5.41, 5.74) is 16.8. The number of hydrogen-bond acceptors (Lipinski definition) is 16. The molecular weight excluding hydrogens is 572 g/mol. The van der Waals surface area contributed by atoms with E-state index in [0.717, 1.165) is 0 Å². The molecule has 0 aromatic rings. The van der Waals surface area contributed by atoms with Crippen LogP contribution in [0.5, 0.6) is 0 Å². The SMILES string of the molecule is CN[C@@H]1[C@@H](O)[C@@H](O[C@@H]2[C@@H](O)[C@H](O[C@H]3O[C@H](CNCC(O)CO)CC[C@H]3N)[C@@H](N)C[C@H]2NC(=O)[C@@H](O)CCN)OC[C@]1(C)O. The number of nitrogens with two attached hydrogens (primary N) is 3. The normalized spacial score (nSPS) is 41.9. The van der Waals surface area contributed by atoms with Crippen molar-refractivity contribution in [3.63, 3.8) is 0 Å². The molecule has 2 aliphatic heterocycles. The van der Waals surface area contributed by atoms with Crippen LogP contribution >= 0.6 is 0 Å². The quantitative estimate of drug-likeness (QED) is 0.0856. The minimum atomic E-state index is -1.47. The fourth-order valence-electron chi connectivity index (χ4n) is 5.81. The van der Waals surface area contributed by atoms with Crippen molar-refractivity contribution in [1.29, 1.82) is 0 Å². The molecule has 2 saturated heterocycles. The number of carbonyl (C=O) groups excluding carboxylic acids is 1. The summed E-state index contributed by atoms with van der Waals surface area (Å²) in [6.07, 6.45) is -8.80. The van der Waals surface area contributed by atoms with Crippen LogP contribution in [0.3, 0.4) is 0 Å². The molecule has 3 rings (SSSR count). The van der Waals surface area contributed by atoms with Gasteiger partial charge in [0.25, 0.3) is 0 Å². The molecule has 0 bridgehead atoms. The summed E-state index contributed by atoms with van der Waals surface area (Å²) >= 11 is 0. The number of aliphatic hydroxyl groups is 6. The van der Waals surface area contributed by atoms with Gasteiger partial charge >= 0.3 is 0 Å². The van der Waals surface area contributed by atoms with Crippen molar-refractivity contribution in [2.75, 3.05) is 39.9 Å². The fraction of sp³-hybridized carbons (Fsp3) is 0.962. The number of aliphatic hydroxyl groups excluding tert-OH is 5. The van der Waals surface area contributed by atoms with E-state index in [1.54, 1.807) is 7.05 Å². The van der Waals surface area contributed by atoms with Gasteiger partial charge in [-0.3, -0.25) is 4.79 Å². The van der Waals surface area contributed by atoms with Crippen LogP contribution in [-0.2, 0) is 23.7 Å². The number of ether oxygens (including phenoxy) is 4. The molecule has 17 nitrogen and oxygen atoms in total. The predicted octanol–water partition coefficient (Wildman–Crippen LogP) is -6.13. The molecule has 3 aliphatic rings. The molecule has 3 fully saturated rings. The first-order valence-corrected chi connectivity index (χ1v) is 14.9. The molecule has 0 aromatic carbocycles. The zero-order valence-corrected chi connectivity index (χ0v) is 24.8. The van der Waals surface area contributed by atoms with Crippen LogP contribution in [0.25, 0.3) is 0 Å². The molecule has 2 heterocycles. The summed E-state index contributed by atoms with van der Waals surface area (Å²) in [5, 5.41) is 70.4. The van der Waals surface area contributed by atoms with Crippen LogP contribution in [0.2, 0.25) is 0 Å². The zero-order valence-electron chi connectivity index (χ0n) is 24.8. The molecule has 14 atom stereocenters. The summed E-state index contributed by atoms with van der Waals surface area (Å²) < 4.78 is 23.9. The highest BCUT2D eigenvalue weighted by molar-refractivity contribution is 5.80. The summed E-state index contributed by atoms with van der Waals surface area (Å²) in [6, 6.07) is -3.13. The highest BCUT2D eigenvalue weighted by atomic mass is 16.7. The lowest BCUT2D eigenvalue weighted by Gasteiger charge is -2.49. The van der Waals surface area contributed by atoms with E-state index >= 15 is 0 Å². The number of carbonyl (C=O) groups is 1. The third-order valence-electron chi connectivity index (χ3n) is 8.27. The highest BCUT2D eigenvalue weighted by Gasteiger charge is 2.52. The number of nitrogens with one attached hydrogen (secondary N) is 3. The highest BCUT2D eigenvalue weighted by Crippen LogP contribution is 2.32. The molecular formula is C26H52N6O11. The molecule has 0 aromatic heterocycles. The topological polar surface area (TPSA) is 290 Å². The van der Waals surface area contributed by atoms with Crippen LogP contribution in [0.1, 0.15) is 32.6 Å². The maximum atomic E-state index is 12.7. The summed E-state index contributed by atoms with van der Waals surface area (Å²) in [7, 11) is 1.57. The maximum absolute atomic E-state index is 12.7. The third-order valence-corrected chi connectivity index (χ3v) is 8.27. The minimum absolute atomic E-state index is 0.0136. The van der Waals surface area contributed by atoms with E-state index in [4.69, 9.17) is 41.3 Å². The van der Waals surface area contributed by atoms with Gasteiger partial charge < -0.3 is 82.7 Å². The Morgan fingerprint density at radius 1 is 1.09 bits per heavy atom. The fourth-order valence-corrected chi connectivity index (χ4v) is 5.81. The van der Waals surface area contributed by atoms with Crippen molar-refractivity contribution < 1.29 is 54.4 Å². The lowest BCUT2D eigenvalue weighted by Crippen LogP contribution is -2.69. The first kappa shape index (κ1) is 36.3. The summed E-state index contributed by atoms with van der Waals surface area (Å²) in [5.74, 6) is -0.733. The minimum Gasteiger partial charge on any atom is -0.394 e. The lowest BCUT2D eigenvalue weighted by atomic mass is 9.83. The average molecular weight is 625 g/mol. The molecule has 17 heteroatoms. The lowest BCUT2D eigenvalue weighted by molar-refractivity contribution is -0.307. The largest absolute Gasteiger partial charge is 0.394 e. The summed E-state index contributed by atoms with van der Waals surface area (Å²) in [4.78, 5) is 12.7. The second-order valence-corrected chi connectivity index (χ2v) is 12.0. The van der Waals surface area contributed by atoms with E-state index in [1.807, 2.05) is 0 Å².